The molecule has 0 saturated heterocycles. The van der Waals surface area contributed by atoms with Gasteiger partial charge in [0.05, 0.1) is 0 Å². The molecule has 0 aliphatic rings. The Morgan fingerprint density at radius 1 is 1.67 bits per heavy atom. The second kappa shape index (κ2) is 4.80. The summed E-state index contributed by atoms with van der Waals surface area (Å²) in [5.74, 6) is 0. The van der Waals surface area contributed by atoms with Crippen molar-refractivity contribution >= 4 is 29.3 Å². The molecule has 0 unspecified atom stereocenters. The van der Waals surface area contributed by atoms with Crippen LogP contribution in [0.1, 0.15) is 6.92 Å². The summed E-state index contributed by atoms with van der Waals surface area (Å²) < 4.78 is 5.85. The molecule has 12 heavy (non-hydrogen) atoms. The Labute approximate surface area is 81.5 Å². The molecule has 3 nitrogen and oxygen atoms in total. The zero-order chi connectivity index (χ0) is 8.97. The van der Waals surface area contributed by atoms with Gasteiger partial charge in [-0.05, 0) is 13.0 Å². The summed E-state index contributed by atoms with van der Waals surface area (Å²) in [6.45, 7) is 1.50. The first-order valence-electron chi connectivity index (χ1n) is 3.42. The number of rotatable bonds is 2. The molecular formula is C6H8Cl2N3P. The van der Waals surface area contributed by atoms with Gasteiger partial charge in [-0.2, -0.15) is 4.76 Å². The van der Waals surface area contributed by atoms with E-state index in [1.807, 2.05) is 23.8 Å². The van der Waals surface area contributed by atoms with Gasteiger partial charge in [-0.1, -0.05) is 22.5 Å². The summed E-state index contributed by atoms with van der Waals surface area (Å²) in [5.41, 5.74) is 0.580. The highest BCUT2D eigenvalue weighted by atomic mass is 35.9. The molecule has 0 N–H and O–H groups in total. The van der Waals surface area contributed by atoms with E-state index in [4.69, 9.17) is 22.5 Å². The fourth-order valence-electron chi connectivity index (χ4n) is 0.791. The van der Waals surface area contributed by atoms with E-state index in [-0.39, 0.29) is 0 Å². The van der Waals surface area contributed by atoms with Crippen LogP contribution in [-0.4, -0.2) is 9.55 Å². The Balaban J connectivity index is 3.13. The van der Waals surface area contributed by atoms with Crippen molar-refractivity contribution in [2.24, 2.45) is 4.76 Å². The molecule has 0 aliphatic heterocycles. The topological polar surface area (TPSA) is 30.2 Å². The fourth-order valence-corrected chi connectivity index (χ4v) is 1.50. The normalized spacial score (nSPS) is 12.5. The highest BCUT2D eigenvalue weighted by Crippen LogP contribution is 2.47. The molecule has 0 bridgehead atoms. The van der Waals surface area contributed by atoms with Crippen molar-refractivity contribution in [2.75, 3.05) is 0 Å². The first kappa shape index (κ1) is 9.97. The van der Waals surface area contributed by atoms with Crippen molar-refractivity contribution in [3.8, 4) is 0 Å². The van der Waals surface area contributed by atoms with E-state index in [9.17, 15) is 0 Å². The Bertz CT molecular complexity index is 310. The summed E-state index contributed by atoms with van der Waals surface area (Å²) in [7, 11) is 0. The molecule has 0 saturated carbocycles. The molecule has 0 aromatic carbocycles. The minimum atomic E-state index is -1.31. The molecule has 1 heterocycles. The van der Waals surface area contributed by atoms with Crippen LogP contribution in [0, 0.1) is 0 Å². The third-order valence-corrected chi connectivity index (χ3v) is 2.09. The Morgan fingerprint density at radius 3 is 3.00 bits per heavy atom. The first-order valence-corrected chi connectivity index (χ1v) is 6.52. The van der Waals surface area contributed by atoms with Crippen LogP contribution in [0.3, 0.4) is 0 Å². The van der Waals surface area contributed by atoms with Gasteiger partial charge in [-0.25, -0.2) is 4.98 Å². The third kappa shape index (κ3) is 2.74. The van der Waals surface area contributed by atoms with E-state index < -0.39 is 6.78 Å². The fraction of sp³-hybridized carbons (Fsp3) is 0.333. The average molecular weight is 224 g/mol. The summed E-state index contributed by atoms with van der Waals surface area (Å²) in [6.07, 6.45) is 3.55. The van der Waals surface area contributed by atoms with Gasteiger partial charge in [0.15, 0.2) is 0 Å². The zero-order valence-electron chi connectivity index (χ0n) is 6.48. The summed E-state index contributed by atoms with van der Waals surface area (Å²) in [6, 6.07) is 1.84. The lowest BCUT2D eigenvalue weighted by molar-refractivity contribution is 0.686. The largest absolute Gasteiger partial charge is 0.317 e. The predicted molar refractivity (Wildman–Crippen MR) is 52.1 cm³/mol. The van der Waals surface area contributed by atoms with Crippen LogP contribution in [0.25, 0.3) is 0 Å². The lowest BCUT2D eigenvalue weighted by Gasteiger charge is -2.00. The zero-order valence-corrected chi connectivity index (χ0v) is 8.89. The van der Waals surface area contributed by atoms with Crippen LogP contribution in [-0.2, 0) is 6.54 Å². The number of halogens is 2. The Morgan fingerprint density at radius 2 is 2.42 bits per heavy atom. The predicted octanol–water partition coefficient (Wildman–Crippen LogP) is 2.51. The molecule has 1 aromatic heterocycles. The summed E-state index contributed by atoms with van der Waals surface area (Å²) in [4.78, 5) is 4.03. The van der Waals surface area contributed by atoms with Crippen molar-refractivity contribution in [1.29, 1.82) is 0 Å². The Hall–Kier alpha value is -0.110. The van der Waals surface area contributed by atoms with Crippen molar-refractivity contribution in [3.63, 3.8) is 0 Å². The van der Waals surface area contributed by atoms with Crippen LogP contribution in [0.15, 0.2) is 23.2 Å². The number of nitrogens with zero attached hydrogens (tertiary/aromatic N) is 3. The van der Waals surface area contributed by atoms with Crippen molar-refractivity contribution < 1.29 is 0 Å². The monoisotopic (exact) mass is 223 g/mol. The number of hydrogen-bond acceptors (Lipinski definition) is 2. The van der Waals surface area contributed by atoms with Crippen molar-refractivity contribution in [1.82, 2.24) is 9.55 Å². The Kier molecular flexibility index (Phi) is 3.99. The highest BCUT2D eigenvalue weighted by molar-refractivity contribution is 8.02. The first-order chi connectivity index (χ1) is 5.74. The minimum Gasteiger partial charge on any atom is -0.317 e. The van der Waals surface area contributed by atoms with Gasteiger partial charge in [-0.15, -0.1) is 0 Å². The molecular weight excluding hydrogens is 216 g/mol. The van der Waals surface area contributed by atoms with Crippen LogP contribution < -0.4 is 5.62 Å². The molecule has 0 spiro atoms. The van der Waals surface area contributed by atoms with Gasteiger partial charge in [0.2, 0.25) is 12.4 Å². The number of aryl methyl sites for hydroxylation is 1. The van der Waals surface area contributed by atoms with Crippen LogP contribution in [0.4, 0.5) is 0 Å². The van der Waals surface area contributed by atoms with Crippen molar-refractivity contribution in [2.45, 2.75) is 13.5 Å². The van der Waals surface area contributed by atoms with Crippen molar-refractivity contribution in [3.05, 3.63) is 24.1 Å². The molecule has 0 atom stereocenters. The highest BCUT2D eigenvalue weighted by Gasteiger charge is 1.95. The second-order valence-electron chi connectivity index (χ2n) is 2.02. The number of aromatic nitrogens is 2. The van der Waals surface area contributed by atoms with Crippen LogP contribution >= 0.6 is 29.3 Å². The van der Waals surface area contributed by atoms with Gasteiger partial charge in [0.1, 0.15) is 0 Å². The SMILES string of the molecule is CCn1cccn/c1=N\P(Cl)Cl. The minimum absolute atomic E-state index is 0.580. The molecule has 6 heteroatoms. The molecule has 1 rings (SSSR count). The second-order valence-corrected chi connectivity index (χ2v) is 5.09. The van der Waals surface area contributed by atoms with Crippen LogP contribution in [0.5, 0.6) is 0 Å². The van der Waals surface area contributed by atoms with E-state index in [0.29, 0.717) is 5.62 Å². The van der Waals surface area contributed by atoms with E-state index in [2.05, 4.69) is 9.75 Å². The maximum Gasteiger partial charge on any atom is 0.230 e. The summed E-state index contributed by atoms with van der Waals surface area (Å²) >= 11 is 11.1. The number of hydrogen-bond donors (Lipinski definition) is 0. The van der Waals surface area contributed by atoms with Gasteiger partial charge >= 0.3 is 0 Å². The van der Waals surface area contributed by atoms with E-state index in [1.165, 1.54) is 0 Å². The van der Waals surface area contributed by atoms with Gasteiger partial charge < -0.3 is 4.57 Å². The van der Waals surface area contributed by atoms with Gasteiger partial charge in [0.25, 0.3) is 0 Å². The van der Waals surface area contributed by atoms with E-state index in [0.717, 1.165) is 6.54 Å². The van der Waals surface area contributed by atoms with Gasteiger partial charge in [-0.3, -0.25) is 0 Å². The lowest BCUT2D eigenvalue weighted by Crippen LogP contribution is -2.21. The lowest BCUT2D eigenvalue weighted by atomic mass is 10.6. The molecule has 0 radical (unpaired) electrons. The summed E-state index contributed by atoms with van der Waals surface area (Å²) in [5, 5.41) is 0. The average Bonchev–Trinajstić information content (AvgIpc) is 2.04. The van der Waals surface area contributed by atoms with Crippen LogP contribution in [0.2, 0.25) is 0 Å². The third-order valence-electron chi connectivity index (χ3n) is 1.30. The maximum atomic E-state index is 5.55. The molecule has 0 fully saturated rings. The molecule has 1 aromatic rings. The van der Waals surface area contributed by atoms with E-state index in [1.54, 1.807) is 6.20 Å². The molecule has 66 valence electrons. The maximum absolute atomic E-state index is 5.55. The van der Waals surface area contributed by atoms with E-state index >= 15 is 0 Å². The molecule has 0 amide bonds. The smallest absolute Gasteiger partial charge is 0.230 e. The standard InChI is InChI=1S/C6H8Cl2N3P/c1-2-11-5-3-4-9-6(11)10-12(7)8/h3-5H,2H2,1H3/b10-6+. The van der Waals surface area contributed by atoms with Gasteiger partial charge in [0, 0.05) is 18.9 Å². The quantitative estimate of drug-likeness (QED) is 0.709. The molecule has 0 aliphatic carbocycles.